The highest BCUT2D eigenvalue weighted by Gasteiger charge is 2.42. The third-order valence-corrected chi connectivity index (χ3v) is 6.48. The zero-order valence-corrected chi connectivity index (χ0v) is 18.1. The van der Waals surface area contributed by atoms with Gasteiger partial charge in [-0.2, -0.15) is 0 Å². The standard InChI is InChI=1S/C27H24N2O2/c1-15-13-30-21-10-9-19-23-24(28-14-29-26(23)31-25(19)22(15)21)17-11-16-7-5-6-8-18(16)20(12-17)27(2,3)4/h5-14,19,25H,1-4H3. The molecule has 2 aliphatic rings. The highest BCUT2D eigenvalue weighted by atomic mass is 16.5. The van der Waals surface area contributed by atoms with Gasteiger partial charge in [-0.25, -0.2) is 9.97 Å². The van der Waals surface area contributed by atoms with E-state index in [0.29, 0.717) is 5.88 Å². The first-order valence-electron chi connectivity index (χ1n) is 10.7. The van der Waals surface area contributed by atoms with Gasteiger partial charge >= 0.3 is 0 Å². The molecule has 0 fully saturated rings. The molecule has 31 heavy (non-hydrogen) atoms. The van der Waals surface area contributed by atoms with Gasteiger partial charge in [0.25, 0.3) is 0 Å². The minimum absolute atomic E-state index is 0.0123. The van der Waals surface area contributed by atoms with Gasteiger partial charge in [0.05, 0.1) is 23.4 Å². The molecule has 0 saturated heterocycles. The summed E-state index contributed by atoms with van der Waals surface area (Å²) in [7, 11) is 0. The number of ether oxygens (including phenoxy) is 1. The van der Waals surface area contributed by atoms with Crippen molar-refractivity contribution < 1.29 is 9.15 Å². The summed E-state index contributed by atoms with van der Waals surface area (Å²) in [5.74, 6) is 1.62. The molecule has 0 bridgehead atoms. The maximum absolute atomic E-state index is 6.36. The lowest BCUT2D eigenvalue weighted by atomic mass is 9.81. The topological polar surface area (TPSA) is 48.2 Å². The molecule has 4 aromatic rings. The first-order valence-corrected chi connectivity index (χ1v) is 10.7. The second kappa shape index (κ2) is 6.30. The minimum Gasteiger partial charge on any atom is -0.468 e. The van der Waals surface area contributed by atoms with Crippen LogP contribution in [0.2, 0.25) is 0 Å². The Labute approximate surface area is 181 Å². The zero-order valence-electron chi connectivity index (χ0n) is 18.1. The van der Waals surface area contributed by atoms with Crippen molar-refractivity contribution in [2.45, 2.75) is 45.1 Å². The summed E-state index contributed by atoms with van der Waals surface area (Å²) in [6.45, 7) is 8.84. The quantitative estimate of drug-likeness (QED) is 0.350. The van der Waals surface area contributed by atoms with Crippen LogP contribution in [-0.2, 0) is 5.41 Å². The highest BCUT2D eigenvalue weighted by molar-refractivity contribution is 5.91. The molecule has 2 unspecified atom stereocenters. The number of hydrogen-bond donors (Lipinski definition) is 0. The molecule has 2 aromatic heterocycles. The van der Waals surface area contributed by atoms with E-state index in [4.69, 9.17) is 14.1 Å². The maximum Gasteiger partial charge on any atom is 0.221 e. The molecule has 0 N–H and O–H groups in total. The number of fused-ring (bicyclic) bond motifs is 6. The molecule has 0 radical (unpaired) electrons. The summed E-state index contributed by atoms with van der Waals surface area (Å²) >= 11 is 0. The molecule has 3 heterocycles. The summed E-state index contributed by atoms with van der Waals surface area (Å²) in [6.07, 6.45) is 7.52. The number of aryl methyl sites for hydroxylation is 1. The summed E-state index contributed by atoms with van der Waals surface area (Å²) in [5, 5.41) is 2.51. The Morgan fingerprint density at radius 1 is 1.00 bits per heavy atom. The zero-order chi connectivity index (χ0) is 21.3. The fourth-order valence-corrected chi connectivity index (χ4v) is 5.01. The average Bonchev–Trinajstić information content (AvgIpc) is 3.32. The van der Waals surface area contributed by atoms with Crippen molar-refractivity contribution in [2.24, 2.45) is 0 Å². The Hall–Kier alpha value is -3.40. The van der Waals surface area contributed by atoms with Crippen LogP contribution in [0.4, 0.5) is 0 Å². The van der Waals surface area contributed by atoms with Crippen LogP contribution in [0.1, 0.15) is 60.8 Å². The number of rotatable bonds is 1. The van der Waals surface area contributed by atoms with E-state index < -0.39 is 0 Å². The van der Waals surface area contributed by atoms with E-state index >= 15 is 0 Å². The highest BCUT2D eigenvalue weighted by Crippen LogP contribution is 2.53. The van der Waals surface area contributed by atoms with E-state index in [1.807, 2.05) is 0 Å². The number of hydrogen-bond acceptors (Lipinski definition) is 4. The number of nitrogens with zero attached hydrogens (tertiary/aromatic N) is 2. The minimum atomic E-state index is -0.119. The summed E-state index contributed by atoms with van der Waals surface area (Å²) in [6, 6.07) is 13.1. The van der Waals surface area contributed by atoms with Crippen LogP contribution in [0.15, 0.2) is 59.5 Å². The van der Waals surface area contributed by atoms with Crippen LogP contribution < -0.4 is 4.74 Å². The van der Waals surface area contributed by atoms with Crippen LogP contribution in [0.3, 0.4) is 0 Å². The molecule has 4 nitrogen and oxygen atoms in total. The van der Waals surface area contributed by atoms with Gasteiger partial charge in [-0.15, -0.1) is 0 Å². The van der Waals surface area contributed by atoms with Crippen molar-refractivity contribution in [3.8, 4) is 17.1 Å². The first-order chi connectivity index (χ1) is 14.9. The number of furan rings is 1. The van der Waals surface area contributed by atoms with Gasteiger partial charge in [0.2, 0.25) is 5.88 Å². The molecule has 2 atom stereocenters. The summed E-state index contributed by atoms with van der Waals surface area (Å²) < 4.78 is 12.1. The van der Waals surface area contributed by atoms with Gasteiger partial charge in [-0.05, 0) is 52.4 Å². The van der Waals surface area contributed by atoms with E-state index in [1.54, 1.807) is 12.6 Å². The first kappa shape index (κ1) is 18.4. The lowest BCUT2D eigenvalue weighted by Gasteiger charge is -2.23. The van der Waals surface area contributed by atoms with E-state index in [1.165, 1.54) is 16.3 Å². The molecular weight excluding hydrogens is 384 g/mol. The van der Waals surface area contributed by atoms with Crippen molar-refractivity contribution in [2.75, 3.05) is 0 Å². The lowest BCUT2D eigenvalue weighted by Crippen LogP contribution is -2.13. The summed E-state index contributed by atoms with van der Waals surface area (Å²) in [5.41, 5.74) is 6.67. The third-order valence-electron chi connectivity index (χ3n) is 6.48. The van der Waals surface area contributed by atoms with Crippen LogP contribution >= 0.6 is 0 Å². The Bertz CT molecular complexity index is 1370. The molecule has 0 amide bonds. The van der Waals surface area contributed by atoms with Crippen LogP contribution in [-0.4, -0.2) is 9.97 Å². The summed E-state index contributed by atoms with van der Waals surface area (Å²) in [4.78, 5) is 9.25. The SMILES string of the molecule is Cc1coc2c1C1Oc3ncnc(-c4cc(C(C)(C)C)c5ccccc5c4)c3C1C=C2. The van der Waals surface area contributed by atoms with Crippen molar-refractivity contribution >= 4 is 16.8 Å². The lowest BCUT2D eigenvalue weighted by molar-refractivity contribution is 0.213. The molecular formula is C27H24N2O2. The number of benzene rings is 2. The van der Waals surface area contributed by atoms with Crippen LogP contribution in [0.5, 0.6) is 5.88 Å². The molecule has 154 valence electrons. The molecule has 1 aliphatic carbocycles. The van der Waals surface area contributed by atoms with Gasteiger partial charge in [-0.1, -0.05) is 51.1 Å². The number of aromatic nitrogens is 2. The molecule has 0 spiro atoms. The predicted molar refractivity (Wildman–Crippen MR) is 122 cm³/mol. The van der Waals surface area contributed by atoms with Crippen molar-refractivity contribution in [3.63, 3.8) is 0 Å². The van der Waals surface area contributed by atoms with E-state index in [-0.39, 0.29) is 17.4 Å². The second-order valence-corrected chi connectivity index (χ2v) is 9.56. The van der Waals surface area contributed by atoms with Gasteiger partial charge in [0, 0.05) is 11.1 Å². The van der Waals surface area contributed by atoms with Crippen molar-refractivity contribution in [1.29, 1.82) is 0 Å². The molecule has 0 saturated carbocycles. The van der Waals surface area contributed by atoms with Gasteiger partial charge in [0.15, 0.2) is 0 Å². The van der Waals surface area contributed by atoms with Gasteiger partial charge < -0.3 is 9.15 Å². The van der Waals surface area contributed by atoms with E-state index in [9.17, 15) is 0 Å². The van der Waals surface area contributed by atoms with Gasteiger partial charge in [0.1, 0.15) is 18.2 Å². The smallest absolute Gasteiger partial charge is 0.221 e. The Morgan fingerprint density at radius 3 is 2.68 bits per heavy atom. The average molecular weight is 409 g/mol. The predicted octanol–water partition coefficient (Wildman–Crippen LogP) is 6.74. The van der Waals surface area contributed by atoms with E-state index in [2.05, 4.69) is 81.2 Å². The van der Waals surface area contributed by atoms with Crippen molar-refractivity contribution in [1.82, 2.24) is 9.97 Å². The third kappa shape index (κ3) is 2.67. The fraction of sp³-hybridized carbons (Fsp3) is 0.259. The monoisotopic (exact) mass is 408 g/mol. The molecule has 6 rings (SSSR count). The Kier molecular flexibility index (Phi) is 3.73. The Morgan fingerprint density at radius 2 is 1.84 bits per heavy atom. The van der Waals surface area contributed by atoms with Crippen LogP contribution in [0, 0.1) is 6.92 Å². The normalized spacial score (nSPS) is 19.1. The molecule has 4 heteroatoms. The fourth-order valence-electron chi connectivity index (χ4n) is 5.01. The van der Waals surface area contributed by atoms with Crippen molar-refractivity contribution in [3.05, 3.63) is 83.1 Å². The maximum atomic E-state index is 6.36. The largest absolute Gasteiger partial charge is 0.468 e. The second-order valence-electron chi connectivity index (χ2n) is 9.56. The van der Waals surface area contributed by atoms with E-state index in [0.717, 1.165) is 33.7 Å². The van der Waals surface area contributed by atoms with Crippen LogP contribution in [0.25, 0.3) is 28.1 Å². The molecule has 1 aliphatic heterocycles. The molecule has 2 aromatic carbocycles. The Balaban J connectivity index is 1.57. The van der Waals surface area contributed by atoms with Gasteiger partial charge in [-0.3, -0.25) is 0 Å².